The molecule has 6 heteroatoms. The summed E-state index contributed by atoms with van der Waals surface area (Å²) >= 11 is 1.54. The maximum atomic E-state index is 13.0. The molecule has 0 fully saturated rings. The van der Waals surface area contributed by atoms with E-state index in [1.807, 2.05) is 42.6 Å². The second kappa shape index (κ2) is 8.58. The summed E-state index contributed by atoms with van der Waals surface area (Å²) in [6.45, 7) is 2.20. The van der Waals surface area contributed by atoms with Gasteiger partial charge in [0, 0.05) is 10.9 Å². The maximum Gasteiger partial charge on any atom is 0.261 e. The van der Waals surface area contributed by atoms with Gasteiger partial charge in [-0.3, -0.25) is 4.79 Å². The van der Waals surface area contributed by atoms with E-state index >= 15 is 0 Å². The Morgan fingerprint density at radius 1 is 1.19 bits per heavy atom. The van der Waals surface area contributed by atoms with E-state index < -0.39 is 6.10 Å². The van der Waals surface area contributed by atoms with Crippen molar-refractivity contribution in [2.75, 3.05) is 0 Å². The normalized spacial score (nSPS) is 11.8. The Morgan fingerprint density at radius 2 is 1.92 bits per heavy atom. The predicted molar refractivity (Wildman–Crippen MR) is 101 cm³/mol. The molecule has 0 spiro atoms. The Kier molecular flexibility index (Phi) is 5.96. The molecule has 1 atom stereocenters. The molecule has 3 rings (SSSR count). The molecule has 134 valence electrons. The first kappa shape index (κ1) is 18.1. The third-order valence-corrected chi connectivity index (χ3v) is 4.71. The van der Waals surface area contributed by atoms with Crippen LogP contribution >= 0.6 is 11.3 Å². The van der Waals surface area contributed by atoms with Crippen molar-refractivity contribution in [1.29, 1.82) is 0 Å². The third-order valence-electron chi connectivity index (χ3n) is 3.77. The van der Waals surface area contributed by atoms with E-state index in [9.17, 15) is 9.18 Å². The number of benzene rings is 2. The van der Waals surface area contributed by atoms with Crippen LogP contribution in [-0.2, 0) is 11.3 Å². The van der Waals surface area contributed by atoms with Crippen LogP contribution < -0.4 is 10.1 Å². The minimum Gasteiger partial charge on any atom is -0.481 e. The van der Waals surface area contributed by atoms with Gasteiger partial charge in [0.2, 0.25) is 0 Å². The fourth-order valence-electron chi connectivity index (χ4n) is 2.39. The number of hydrogen-bond acceptors (Lipinski definition) is 4. The number of carbonyl (C=O) groups is 1. The number of nitrogens with one attached hydrogen (secondary N) is 1. The fourth-order valence-corrected chi connectivity index (χ4v) is 3.22. The number of amides is 1. The van der Waals surface area contributed by atoms with E-state index in [0.717, 1.165) is 16.3 Å². The van der Waals surface area contributed by atoms with Crippen molar-refractivity contribution in [2.45, 2.75) is 26.0 Å². The molecule has 0 radical (unpaired) electrons. The number of nitrogens with zero attached hydrogens (tertiary/aromatic N) is 1. The summed E-state index contributed by atoms with van der Waals surface area (Å²) in [4.78, 5) is 16.9. The molecule has 0 saturated carbocycles. The molecule has 26 heavy (non-hydrogen) atoms. The van der Waals surface area contributed by atoms with Gasteiger partial charge >= 0.3 is 0 Å². The number of halogens is 1. The molecule has 0 bridgehead atoms. The van der Waals surface area contributed by atoms with Crippen molar-refractivity contribution in [3.8, 4) is 16.3 Å². The van der Waals surface area contributed by atoms with E-state index in [1.54, 1.807) is 11.3 Å². The van der Waals surface area contributed by atoms with Crippen LogP contribution in [0, 0.1) is 5.82 Å². The Hall–Kier alpha value is -2.73. The number of ether oxygens (including phenoxy) is 1. The average Bonchev–Trinajstić information content (AvgIpc) is 3.15. The number of thiazole rings is 1. The molecule has 0 aliphatic rings. The monoisotopic (exact) mass is 370 g/mol. The van der Waals surface area contributed by atoms with Crippen molar-refractivity contribution in [2.24, 2.45) is 0 Å². The van der Waals surface area contributed by atoms with Crippen LogP contribution in [0.5, 0.6) is 5.75 Å². The van der Waals surface area contributed by atoms with Gasteiger partial charge in [-0.05, 0) is 30.7 Å². The van der Waals surface area contributed by atoms with Crippen LogP contribution in [0.25, 0.3) is 10.6 Å². The third kappa shape index (κ3) is 4.67. The molecule has 1 aromatic heterocycles. The lowest BCUT2D eigenvalue weighted by molar-refractivity contribution is -0.128. The molecule has 0 saturated heterocycles. The Labute approximate surface area is 155 Å². The molecule has 1 heterocycles. The maximum absolute atomic E-state index is 13.0. The van der Waals surface area contributed by atoms with Crippen molar-refractivity contribution >= 4 is 17.2 Å². The molecule has 0 aliphatic carbocycles. The molecular formula is C20H19FN2O2S. The van der Waals surface area contributed by atoms with E-state index in [0.29, 0.717) is 18.7 Å². The van der Waals surface area contributed by atoms with Crippen LogP contribution in [0.4, 0.5) is 4.39 Å². The largest absolute Gasteiger partial charge is 0.481 e. The molecule has 1 amide bonds. The second-order valence-corrected chi connectivity index (χ2v) is 6.55. The van der Waals surface area contributed by atoms with E-state index in [1.165, 1.54) is 24.3 Å². The number of carbonyl (C=O) groups excluding carboxylic acids is 1. The lowest BCUT2D eigenvalue weighted by Crippen LogP contribution is -2.37. The molecule has 2 aromatic carbocycles. The quantitative estimate of drug-likeness (QED) is 0.670. The Morgan fingerprint density at radius 3 is 2.62 bits per heavy atom. The summed E-state index contributed by atoms with van der Waals surface area (Å²) in [5.74, 6) is -0.0906. The highest BCUT2D eigenvalue weighted by Gasteiger charge is 2.18. The van der Waals surface area contributed by atoms with E-state index in [-0.39, 0.29) is 11.7 Å². The standard InChI is InChI=1S/C20H19FN2O2S/c1-2-18(25-17-10-8-15(21)9-11-17)19(24)22-12-16-13-26-20(23-16)14-6-4-3-5-7-14/h3-11,13,18H,2,12H2,1H3,(H,22,24)/t18-/m0/s1. The summed E-state index contributed by atoms with van der Waals surface area (Å²) in [6, 6.07) is 15.5. The summed E-state index contributed by atoms with van der Waals surface area (Å²) in [6.07, 6.45) is -0.122. The predicted octanol–water partition coefficient (Wildman–Crippen LogP) is 4.42. The van der Waals surface area contributed by atoms with Gasteiger partial charge < -0.3 is 10.1 Å². The van der Waals surface area contributed by atoms with Gasteiger partial charge in [-0.15, -0.1) is 11.3 Å². The van der Waals surface area contributed by atoms with Crippen molar-refractivity contribution in [1.82, 2.24) is 10.3 Å². The molecule has 0 aliphatic heterocycles. The number of rotatable bonds is 7. The lowest BCUT2D eigenvalue weighted by atomic mass is 10.2. The highest BCUT2D eigenvalue weighted by atomic mass is 32.1. The van der Waals surface area contributed by atoms with Gasteiger partial charge in [-0.25, -0.2) is 9.37 Å². The minimum atomic E-state index is -0.632. The molecule has 3 aromatic rings. The van der Waals surface area contributed by atoms with Gasteiger partial charge in [-0.2, -0.15) is 0 Å². The first-order valence-electron chi connectivity index (χ1n) is 8.35. The first-order valence-corrected chi connectivity index (χ1v) is 9.23. The highest BCUT2D eigenvalue weighted by Crippen LogP contribution is 2.23. The summed E-state index contributed by atoms with van der Waals surface area (Å²) in [5, 5.41) is 5.71. The van der Waals surface area contributed by atoms with Crippen LogP contribution in [0.3, 0.4) is 0 Å². The van der Waals surface area contributed by atoms with Gasteiger partial charge in [0.15, 0.2) is 6.10 Å². The molecular weight excluding hydrogens is 351 g/mol. The van der Waals surface area contributed by atoms with Gasteiger partial charge in [0.1, 0.15) is 16.6 Å². The number of aromatic nitrogens is 1. The van der Waals surface area contributed by atoms with Crippen LogP contribution in [-0.4, -0.2) is 17.0 Å². The molecule has 4 nitrogen and oxygen atoms in total. The SMILES string of the molecule is CC[C@H](Oc1ccc(F)cc1)C(=O)NCc1csc(-c2ccccc2)n1. The van der Waals surface area contributed by atoms with E-state index in [4.69, 9.17) is 4.74 Å². The smallest absolute Gasteiger partial charge is 0.261 e. The molecule has 1 N–H and O–H groups in total. The average molecular weight is 370 g/mol. The van der Waals surface area contributed by atoms with Crippen LogP contribution in [0.2, 0.25) is 0 Å². The number of hydrogen-bond donors (Lipinski definition) is 1. The first-order chi connectivity index (χ1) is 12.7. The fraction of sp³-hybridized carbons (Fsp3) is 0.200. The lowest BCUT2D eigenvalue weighted by Gasteiger charge is -2.17. The van der Waals surface area contributed by atoms with Crippen LogP contribution in [0.1, 0.15) is 19.0 Å². The van der Waals surface area contributed by atoms with Crippen molar-refractivity contribution in [3.63, 3.8) is 0 Å². The summed E-state index contributed by atoms with van der Waals surface area (Å²) in [5.41, 5.74) is 1.86. The second-order valence-electron chi connectivity index (χ2n) is 5.70. The van der Waals surface area contributed by atoms with E-state index in [2.05, 4.69) is 10.3 Å². The Balaban J connectivity index is 1.57. The topological polar surface area (TPSA) is 51.2 Å². The zero-order valence-corrected chi connectivity index (χ0v) is 15.1. The van der Waals surface area contributed by atoms with Crippen molar-refractivity contribution < 1.29 is 13.9 Å². The zero-order chi connectivity index (χ0) is 18.4. The Bertz CT molecular complexity index is 850. The van der Waals surface area contributed by atoms with Crippen molar-refractivity contribution in [3.05, 3.63) is 71.5 Å². The van der Waals surface area contributed by atoms with Crippen LogP contribution in [0.15, 0.2) is 60.0 Å². The highest BCUT2D eigenvalue weighted by molar-refractivity contribution is 7.13. The van der Waals surface area contributed by atoms with Gasteiger partial charge in [-0.1, -0.05) is 37.3 Å². The van der Waals surface area contributed by atoms with Gasteiger partial charge in [0.25, 0.3) is 5.91 Å². The molecule has 0 unspecified atom stereocenters. The van der Waals surface area contributed by atoms with Gasteiger partial charge in [0.05, 0.1) is 12.2 Å². The minimum absolute atomic E-state index is 0.217. The zero-order valence-electron chi connectivity index (χ0n) is 14.3. The summed E-state index contributed by atoms with van der Waals surface area (Å²) in [7, 11) is 0. The summed E-state index contributed by atoms with van der Waals surface area (Å²) < 4.78 is 18.6.